The van der Waals surface area contributed by atoms with Gasteiger partial charge in [-0.1, -0.05) is 36.0 Å². The molecule has 0 aliphatic heterocycles. The maximum absolute atomic E-state index is 5.44. The molecule has 1 aromatic heterocycles. The summed E-state index contributed by atoms with van der Waals surface area (Å²) in [6.45, 7) is 0. The van der Waals surface area contributed by atoms with Crippen LogP contribution in [0.3, 0.4) is 0 Å². The minimum atomic E-state index is -2.49. The summed E-state index contributed by atoms with van der Waals surface area (Å²) < 4.78 is 16.3. The van der Waals surface area contributed by atoms with E-state index in [2.05, 4.69) is 39.4 Å². The number of nitrogens with one attached hydrogen (secondary N) is 1. The molecule has 0 radical (unpaired) electrons. The van der Waals surface area contributed by atoms with Gasteiger partial charge >= 0.3 is 8.80 Å². The van der Waals surface area contributed by atoms with Crippen molar-refractivity contribution in [2.24, 2.45) is 0 Å². The number of aromatic nitrogens is 3. The van der Waals surface area contributed by atoms with Gasteiger partial charge in [0.15, 0.2) is 0 Å². The van der Waals surface area contributed by atoms with Crippen LogP contribution in [0.5, 0.6) is 0 Å². The summed E-state index contributed by atoms with van der Waals surface area (Å²) in [7, 11) is 2.44. The van der Waals surface area contributed by atoms with Gasteiger partial charge in [0.25, 0.3) is 0 Å². The summed E-state index contributed by atoms with van der Waals surface area (Å²) in [6, 6.07) is 9.29. The van der Waals surface area contributed by atoms with Gasteiger partial charge in [-0.25, -0.2) is 4.98 Å². The number of thioether (sulfide) groups is 1. The van der Waals surface area contributed by atoms with Gasteiger partial charge < -0.3 is 13.3 Å². The molecule has 0 saturated heterocycles. The Bertz CT molecular complexity index is 539. The molecule has 0 atom stereocenters. The van der Waals surface area contributed by atoms with E-state index < -0.39 is 8.80 Å². The Balaban J connectivity index is 1.86. The van der Waals surface area contributed by atoms with E-state index in [1.807, 2.05) is 0 Å². The molecular formula is C14H21N3O3SSi. The monoisotopic (exact) mass is 339 g/mol. The zero-order valence-electron chi connectivity index (χ0n) is 13.0. The number of hydrogen-bond donors (Lipinski definition) is 1. The van der Waals surface area contributed by atoms with Crippen LogP contribution < -0.4 is 0 Å². The highest BCUT2D eigenvalue weighted by atomic mass is 32.2. The lowest BCUT2D eigenvalue weighted by molar-refractivity contribution is 0.123. The molecule has 1 heterocycles. The number of benzene rings is 1. The van der Waals surface area contributed by atoms with Gasteiger partial charge in [-0.15, -0.1) is 5.10 Å². The van der Waals surface area contributed by atoms with E-state index in [0.29, 0.717) is 0 Å². The highest BCUT2D eigenvalue weighted by molar-refractivity contribution is 7.98. The highest BCUT2D eigenvalue weighted by Gasteiger charge is 2.37. The fraction of sp³-hybridized carbons (Fsp3) is 0.429. The fourth-order valence-corrected chi connectivity index (χ4v) is 4.51. The predicted molar refractivity (Wildman–Crippen MR) is 87.7 cm³/mol. The topological polar surface area (TPSA) is 69.3 Å². The predicted octanol–water partition coefficient (Wildman–Crippen LogP) is 2.52. The SMILES string of the molecule is CO[Si](CCc1ccc(CSc2nc[nH]n2)cc1)(OC)OC. The van der Waals surface area contributed by atoms with Crippen molar-refractivity contribution in [1.82, 2.24) is 15.2 Å². The van der Waals surface area contributed by atoms with E-state index in [4.69, 9.17) is 13.3 Å². The van der Waals surface area contributed by atoms with Crippen molar-refractivity contribution in [1.29, 1.82) is 0 Å². The summed E-state index contributed by atoms with van der Waals surface area (Å²) in [6.07, 6.45) is 2.46. The maximum atomic E-state index is 5.44. The molecule has 1 N–H and O–H groups in total. The van der Waals surface area contributed by atoms with Crippen molar-refractivity contribution >= 4 is 20.6 Å². The van der Waals surface area contributed by atoms with Crippen molar-refractivity contribution in [2.75, 3.05) is 21.3 Å². The second-order valence-corrected chi connectivity index (χ2v) is 8.72. The minimum absolute atomic E-state index is 0.764. The Labute approximate surface area is 136 Å². The third kappa shape index (κ3) is 4.65. The largest absolute Gasteiger partial charge is 0.500 e. The first-order chi connectivity index (χ1) is 10.7. The van der Waals surface area contributed by atoms with Crippen LogP contribution in [0.2, 0.25) is 6.04 Å². The molecule has 0 fully saturated rings. The van der Waals surface area contributed by atoms with Gasteiger partial charge in [-0.05, 0) is 17.5 Å². The van der Waals surface area contributed by atoms with Crippen molar-refractivity contribution in [3.8, 4) is 0 Å². The van der Waals surface area contributed by atoms with E-state index in [1.165, 1.54) is 11.1 Å². The molecular weight excluding hydrogens is 318 g/mol. The molecule has 2 aromatic rings. The molecule has 0 spiro atoms. The van der Waals surface area contributed by atoms with Gasteiger partial charge in [0.1, 0.15) is 6.33 Å². The van der Waals surface area contributed by atoms with Crippen molar-refractivity contribution < 1.29 is 13.3 Å². The van der Waals surface area contributed by atoms with E-state index in [9.17, 15) is 0 Å². The number of aromatic amines is 1. The van der Waals surface area contributed by atoms with Crippen LogP contribution in [0.4, 0.5) is 0 Å². The lowest BCUT2D eigenvalue weighted by Gasteiger charge is -2.24. The molecule has 6 nitrogen and oxygen atoms in total. The smallest absolute Gasteiger partial charge is 0.377 e. The summed E-state index contributed by atoms with van der Waals surface area (Å²) in [5, 5.41) is 7.50. The Hall–Kier alpha value is -1.19. The average molecular weight is 339 g/mol. The molecule has 2 rings (SSSR count). The van der Waals surface area contributed by atoms with Gasteiger partial charge in [-0.3, -0.25) is 5.10 Å². The molecule has 0 unspecified atom stereocenters. The Kier molecular flexibility index (Phi) is 6.59. The van der Waals surface area contributed by atoms with Crippen molar-refractivity contribution in [3.63, 3.8) is 0 Å². The lowest BCUT2D eigenvalue weighted by atomic mass is 10.1. The number of nitrogens with zero attached hydrogens (tertiary/aromatic N) is 2. The summed E-state index contributed by atoms with van der Waals surface area (Å²) in [5.41, 5.74) is 2.49. The Morgan fingerprint density at radius 3 is 2.23 bits per heavy atom. The van der Waals surface area contributed by atoms with Gasteiger partial charge in [0.05, 0.1) is 0 Å². The maximum Gasteiger partial charge on any atom is 0.500 e. The van der Waals surface area contributed by atoms with Gasteiger partial charge in [-0.2, -0.15) is 0 Å². The Morgan fingerprint density at radius 2 is 1.68 bits per heavy atom. The standard InChI is InChI=1S/C14H21N3O3SSi/c1-18-22(19-2,20-3)9-8-12-4-6-13(7-5-12)10-21-14-15-11-16-17-14/h4-7,11H,8-10H2,1-3H3,(H,15,16,17). The molecule has 22 heavy (non-hydrogen) atoms. The van der Waals surface area contributed by atoms with Crippen LogP contribution >= 0.6 is 11.8 Å². The number of hydrogen-bond acceptors (Lipinski definition) is 6. The van der Waals surface area contributed by atoms with Gasteiger partial charge in [0, 0.05) is 33.1 Å². The summed E-state index contributed by atoms with van der Waals surface area (Å²) in [4.78, 5) is 4.09. The first kappa shape index (κ1) is 17.2. The van der Waals surface area contributed by atoms with E-state index in [-0.39, 0.29) is 0 Å². The van der Waals surface area contributed by atoms with Gasteiger partial charge in [0.2, 0.25) is 5.16 Å². The van der Waals surface area contributed by atoms with Crippen LogP contribution in [0.15, 0.2) is 35.7 Å². The second kappa shape index (κ2) is 8.44. The quantitative estimate of drug-likeness (QED) is 0.559. The molecule has 0 amide bonds. The zero-order chi connectivity index (χ0) is 15.8. The first-order valence-electron chi connectivity index (χ1n) is 6.93. The third-order valence-electron chi connectivity index (χ3n) is 3.44. The zero-order valence-corrected chi connectivity index (χ0v) is 14.9. The molecule has 0 bridgehead atoms. The first-order valence-corrected chi connectivity index (χ1v) is 9.85. The third-order valence-corrected chi connectivity index (χ3v) is 7.10. The molecule has 0 aliphatic rings. The van der Waals surface area contributed by atoms with Crippen molar-refractivity contribution in [2.45, 2.75) is 23.4 Å². The highest BCUT2D eigenvalue weighted by Crippen LogP contribution is 2.20. The van der Waals surface area contributed by atoms with Crippen LogP contribution in [-0.4, -0.2) is 45.3 Å². The normalized spacial score (nSPS) is 11.8. The number of aryl methyl sites for hydroxylation is 1. The van der Waals surface area contributed by atoms with Crippen molar-refractivity contribution in [3.05, 3.63) is 41.7 Å². The van der Waals surface area contributed by atoms with E-state index >= 15 is 0 Å². The number of rotatable bonds is 9. The molecule has 1 aromatic carbocycles. The summed E-state index contributed by atoms with van der Waals surface area (Å²) >= 11 is 1.61. The van der Waals surface area contributed by atoms with E-state index in [1.54, 1.807) is 39.4 Å². The van der Waals surface area contributed by atoms with Crippen LogP contribution in [-0.2, 0) is 25.5 Å². The summed E-state index contributed by atoms with van der Waals surface area (Å²) in [5.74, 6) is 0.852. The van der Waals surface area contributed by atoms with E-state index in [0.717, 1.165) is 23.4 Å². The van der Waals surface area contributed by atoms with Crippen LogP contribution in [0.1, 0.15) is 11.1 Å². The molecule has 0 saturated carbocycles. The molecule has 0 aliphatic carbocycles. The van der Waals surface area contributed by atoms with Crippen LogP contribution in [0.25, 0.3) is 0 Å². The fourth-order valence-electron chi connectivity index (χ4n) is 2.07. The lowest BCUT2D eigenvalue weighted by Crippen LogP contribution is -2.43. The van der Waals surface area contributed by atoms with Crippen LogP contribution in [0, 0.1) is 0 Å². The molecule has 8 heteroatoms. The average Bonchev–Trinajstić information content (AvgIpc) is 3.09. The minimum Gasteiger partial charge on any atom is -0.377 e. The second-order valence-electron chi connectivity index (χ2n) is 4.68. The molecule has 120 valence electrons. The number of H-pyrrole nitrogens is 1. The Morgan fingerprint density at radius 1 is 1.05 bits per heavy atom.